The third kappa shape index (κ3) is 3.87. The van der Waals surface area contributed by atoms with Crippen LogP contribution in [0.2, 0.25) is 5.02 Å². The molecule has 0 saturated carbocycles. The average Bonchev–Trinajstić information content (AvgIpc) is 2.35. The molecule has 0 aliphatic carbocycles. The maximum Gasteiger partial charge on any atom is 0.0801 e. The molecule has 1 N–H and O–H groups in total. The van der Waals surface area contributed by atoms with Gasteiger partial charge in [0, 0.05) is 41.9 Å². The monoisotopic (exact) mass is 296 g/mol. The average molecular weight is 297 g/mol. The van der Waals surface area contributed by atoms with Crippen LogP contribution in [-0.4, -0.2) is 31.3 Å². The number of anilines is 1. The van der Waals surface area contributed by atoms with E-state index in [-0.39, 0.29) is 5.60 Å². The molecule has 1 heterocycles. The maximum atomic E-state index is 6.41. The largest absolute Gasteiger partial charge is 0.372 e. The zero-order valence-corrected chi connectivity index (χ0v) is 13.6. The van der Waals surface area contributed by atoms with Crippen LogP contribution in [0.25, 0.3) is 0 Å². The molecule has 0 aromatic heterocycles. The minimum absolute atomic E-state index is 0.108. The van der Waals surface area contributed by atoms with Crippen molar-refractivity contribution in [3.8, 4) is 0 Å². The second-order valence-electron chi connectivity index (χ2n) is 6.30. The van der Waals surface area contributed by atoms with Crippen molar-refractivity contribution >= 4 is 17.3 Å². The first kappa shape index (κ1) is 15.6. The Morgan fingerprint density at radius 2 is 2.15 bits per heavy atom. The Bertz CT molecular complexity index is 460. The summed E-state index contributed by atoms with van der Waals surface area (Å²) in [7, 11) is 0. The van der Waals surface area contributed by atoms with Gasteiger partial charge in [0.05, 0.1) is 12.2 Å². The Labute approximate surface area is 127 Å². The summed E-state index contributed by atoms with van der Waals surface area (Å²) in [6, 6.07) is 6.60. The molecule has 1 fully saturated rings. The summed E-state index contributed by atoms with van der Waals surface area (Å²) < 4.78 is 5.80. The third-order valence-corrected chi connectivity index (χ3v) is 3.90. The fraction of sp³-hybridized carbons (Fsp3) is 0.625. The van der Waals surface area contributed by atoms with Gasteiger partial charge in [0.25, 0.3) is 0 Å². The molecule has 1 aliphatic heterocycles. The highest BCUT2D eigenvalue weighted by atomic mass is 35.5. The van der Waals surface area contributed by atoms with Crippen molar-refractivity contribution in [1.82, 2.24) is 5.32 Å². The van der Waals surface area contributed by atoms with E-state index in [9.17, 15) is 0 Å². The van der Waals surface area contributed by atoms with Crippen LogP contribution >= 0.6 is 11.6 Å². The summed E-state index contributed by atoms with van der Waals surface area (Å²) in [5, 5.41) is 4.29. The summed E-state index contributed by atoms with van der Waals surface area (Å²) in [6.45, 7) is 11.9. The highest BCUT2D eigenvalue weighted by Crippen LogP contribution is 2.30. The Morgan fingerprint density at radius 1 is 1.40 bits per heavy atom. The van der Waals surface area contributed by atoms with Crippen molar-refractivity contribution in [2.45, 2.75) is 45.9 Å². The van der Waals surface area contributed by atoms with Gasteiger partial charge in [-0.05, 0) is 26.0 Å². The first-order valence-electron chi connectivity index (χ1n) is 7.29. The molecule has 20 heavy (non-hydrogen) atoms. The van der Waals surface area contributed by atoms with Gasteiger partial charge in [0.2, 0.25) is 0 Å². The van der Waals surface area contributed by atoms with Gasteiger partial charge in [-0.25, -0.2) is 0 Å². The predicted octanol–water partition coefficient (Wildman–Crippen LogP) is 3.45. The molecule has 1 aliphatic rings. The van der Waals surface area contributed by atoms with Crippen LogP contribution in [0.3, 0.4) is 0 Å². The van der Waals surface area contributed by atoms with Gasteiger partial charge in [0.15, 0.2) is 0 Å². The maximum absolute atomic E-state index is 6.41. The zero-order chi connectivity index (χ0) is 14.8. The highest BCUT2D eigenvalue weighted by Gasteiger charge is 2.28. The van der Waals surface area contributed by atoms with Crippen LogP contribution in [0, 0.1) is 0 Å². The molecule has 0 unspecified atom stereocenters. The van der Waals surface area contributed by atoms with E-state index in [0.29, 0.717) is 6.04 Å². The summed E-state index contributed by atoms with van der Waals surface area (Å²) in [5.41, 5.74) is 2.30. The van der Waals surface area contributed by atoms with Gasteiger partial charge < -0.3 is 15.0 Å². The number of hydrogen-bond acceptors (Lipinski definition) is 3. The summed E-state index contributed by atoms with van der Waals surface area (Å²) in [6.07, 6.45) is 0. The number of rotatable bonds is 4. The number of morpholine rings is 1. The normalized spacial score (nSPS) is 18.6. The topological polar surface area (TPSA) is 24.5 Å². The fourth-order valence-corrected chi connectivity index (χ4v) is 2.78. The number of nitrogens with zero attached hydrogens (tertiary/aromatic N) is 1. The molecule has 0 spiro atoms. The van der Waals surface area contributed by atoms with Gasteiger partial charge in [-0.3, -0.25) is 0 Å². The summed E-state index contributed by atoms with van der Waals surface area (Å²) >= 11 is 6.41. The molecule has 1 saturated heterocycles. The summed E-state index contributed by atoms with van der Waals surface area (Å²) in [4.78, 5) is 2.38. The Hall–Kier alpha value is -0.770. The van der Waals surface area contributed by atoms with Gasteiger partial charge in [-0.15, -0.1) is 0 Å². The van der Waals surface area contributed by atoms with Crippen molar-refractivity contribution < 1.29 is 4.74 Å². The second kappa shape index (κ2) is 6.33. The predicted molar refractivity (Wildman–Crippen MR) is 85.7 cm³/mol. The second-order valence-corrected chi connectivity index (χ2v) is 6.71. The number of benzene rings is 1. The first-order chi connectivity index (χ1) is 9.39. The number of nitrogens with one attached hydrogen (secondary N) is 1. The van der Waals surface area contributed by atoms with Crippen LogP contribution in [0.5, 0.6) is 0 Å². The van der Waals surface area contributed by atoms with E-state index in [1.165, 1.54) is 11.3 Å². The Balaban J connectivity index is 2.24. The van der Waals surface area contributed by atoms with Crippen LogP contribution in [-0.2, 0) is 11.3 Å². The van der Waals surface area contributed by atoms with E-state index in [1.54, 1.807) is 0 Å². The van der Waals surface area contributed by atoms with E-state index in [4.69, 9.17) is 16.3 Å². The molecule has 0 amide bonds. The zero-order valence-electron chi connectivity index (χ0n) is 12.9. The lowest BCUT2D eigenvalue weighted by molar-refractivity contribution is -0.0277. The molecule has 2 rings (SSSR count). The van der Waals surface area contributed by atoms with Crippen molar-refractivity contribution in [3.63, 3.8) is 0 Å². The van der Waals surface area contributed by atoms with E-state index < -0.39 is 0 Å². The molecular formula is C16H25ClN2O. The third-order valence-electron chi connectivity index (χ3n) is 3.55. The van der Waals surface area contributed by atoms with Crippen molar-refractivity contribution in [2.24, 2.45) is 0 Å². The SMILES string of the molecule is CC(C)NCc1c(Cl)cccc1N1CCOC(C)(C)C1. The molecule has 4 heteroatoms. The van der Waals surface area contributed by atoms with Gasteiger partial charge >= 0.3 is 0 Å². The lowest BCUT2D eigenvalue weighted by atomic mass is 10.0. The molecule has 0 atom stereocenters. The van der Waals surface area contributed by atoms with E-state index in [2.05, 4.69) is 44.0 Å². The van der Waals surface area contributed by atoms with Gasteiger partial charge in [-0.2, -0.15) is 0 Å². The van der Waals surface area contributed by atoms with Crippen molar-refractivity contribution in [2.75, 3.05) is 24.6 Å². The Morgan fingerprint density at radius 3 is 2.80 bits per heavy atom. The smallest absolute Gasteiger partial charge is 0.0801 e. The van der Waals surface area contributed by atoms with E-state index in [0.717, 1.165) is 31.3 Å². The molecule has 1 aromatic rings. The molecule has 112 valence electrons. The van der Waals surface area contributed by atoms with Crippen LogP contribution in [0.1, 0.15) is 33.3 Å². The lowest BCUT2D eigenvalue weighted by Gasteiger charge is -2.40. The summed E-state index contributed by atoms with van der Waals surface area (Å²) in [5.74, 6) is 0. The molecule has 3 nitrogen and oxygen atoms in total. The fourth-order valence-electron chi connectivity index (χ4n) is 2.55. The lowest BCUT2D eigenvalue weighted by Crippen LogP contribution is -2.48. The minimum Gasteiger partial charge on any atom is -0.372 e. The minimum atomic E-state index is -0.108. The Kier molecular flexibility index (Phi) is 4.95. The van der Waals surface area contributed by atoms with E-state index >= 15 is 0 Å². The molecule has 0 bridgehead atoms. The number of ether oxygens (including phenoxy) is 1. The van der Waals surface area contributed by atoms with Crippen LogP contribution < -0.4 is 10.2 Å². The van der Waals surface area contributed by atoms with Crippen LogP contribution in [0.15, 0.2) is 18.2 Å². The quantitative estimate of drug-likeness (QED) is 0.921. The van der Waals surface area contributed by atoms with Gasteiger partial charge in [0.1, 0.15) is 0 Å². The van der Waals surface area contributed by atoms with Crippen molar-refractivity contribution in [3.05, 3.63) is 28.8 Å². The van der Waals surface area contributed by atoms with Crippen molar-refractivity contribution in [1.29, 1.82) is 0 Å². The first-order valence-corrected chi connectivity index (χ1v) is 7.66. The molecule has 0 radical (unpaired) electrons. The number of hydrogen-bond donors (Lipinski definition) is 1. The van der Waals surface area contributed by atoms with Crippen LogP contribution in [0.4, 0.5) is 5.69 Å². The molecule has 1 aromatic carbocycles. The van der Waals surface area contributed by atoms with Gasteiger partial charge in [-0.1, -0.05) is 31.5 Å². The standard InChI is InChI=1S/C16H25ClN2O/c1-12(2)18-10-13-14(17)6-5-7-15(13)19-8-9-20-16(3,4)11-19/h5-7,12,18H,8-11H2,1-4H3. The number of halogens is 1. The van der Waals surface area contributed by atoms with E-state index in [1.807, 2.05) is 12.1 Å². The highest BCUT2D eigenvalue weighted by molar-refractivity contribution is 6.31. The molecular weight excluding hydrogens is 272 g/mol.